The highest BCUT2D eigenvalue weighted by Crippen LogP contribution is 2.30. The highest BCUT2D eigenvalue weighted by atomic mass is 35.5. The fourth-order valence-electron chi connectivity index (χ4n) is 3.23. The number of hydrogen-bond donors (Lipinski definition) is 2. The molecule has 6 nitrogen and oxygen atoms in total. The molecule has 0 unspecified atom stereocenters. The van der Waals surface area contributed by atoms with Crippen LogP contribution in [0.3, 0.4) is 0 Å². The molecule has 2 N–H and O–H groups in total. The maximum absolute atomic E-state index is 10.2. The summed E-state index contributed by atoms with van der Waals surface area (Å²) >= 11 is 5.93. The summed E-state index contributed by atoms with van der Waals surface area (Å²) in [6.07, 6.45) is 0.279. The number of piperidine rings is 1. The van der Waals surface area contributed by atoms with E-state index in [1.807, 2.05) is 26.1 Å². The summed E-state index contributed by atoms with van der Waals surface area (Å²) in [7, 11) is 1.86. The fourth-order valence-corrected chi connectivity index (χ4v) is 3.36. The second-order valence-electron chi connectivity index (χ2n) is 6.58. The van der Waals surface area contributed by atoms with Gasteiger partial charge in [0, 0.05) is 37.7 Å². The Bertz CT molecular complexity index is 717. The summed E-state index contributed by atoms with van der Waals surface area (Å²) in [4.78, 5) is 2.18. The Balaban J connectivity index is 1.76. The Kier molecular flexibility index (Phi) is 5.64. The minimum atomic E-state index is -0.503. The van der Waals surface area contributed by atoms with E-state index in [9.17, 15) is 10.2 Å². The first-order chi connectivity index (χ1) is 12.0. The molecule has 0 amide bonds. The number of halogens is 1. The first-order valence-corrected chi connectivity index (χ1v) is 8.83. The van der Waals surface area contributed by atoms with Gasteiger partial charge in [0.25, 0.3) is 0 Å². The predicted octanol–water partition coefficient (Wildman–Crippen LogP) is 2.35. The molecule has 1 saturated heterocycles. The van der Waals surface area contributed by atoms with Gasteiger partial charge in [-0.1, -0.05) is 11.6 Å². The minimum absolute atomic E-state index is 0.0315. The van der Waals surface area contributed by atoms with Crippen molar-refractivity contribution < 1.29 is 14.9 Å². The Hall–Kier alpha value is -1.60. The third kappa shape index (κ3) is 4.15. The number of ether oxygens (including phenoxy) is 1. The van der Waals surface area contributed by atoms with Crippen molar-refractivity contribution in [3.05, 3.63) is 40.5 Å². The molecule has 0 spiro atoms. The van der Waals surface area contributed by atoms with E-state index in [0.29, 0.717) is 29.7 Å². The van der Waals surface area contributed by atoms with Crippen molar-refractivity contribution >= 4 is 11.6 Å². The lowest BCUT2D eigenvalue weighted by Crippen LogP contribution is -2.44. The SMILES string of the molecule is Cc1nn(C)c(Oc2ccc(Cl)cc2)c1CN1CC[C@H](CO)[C@@H](O)C1. The van der Waals surface area contributed by atoms with Crippen molar-refractivity contribution in [1.29, 1.82) is 0 Å². The molecule has 136 valence electrons. The van der Waals surface area contributed by atoms with Gasteiger partial charge in [0.15, 0.2) is 0 Å². The van der Waals surface area contributed by atoms with Gasteiger partial charge in [-0.2, -0.15) is 5.10 Å². The molecule has 25 heavy (non-hydrogen) atoms. The van der Waals surface area contributed by atoms with E-state index in [2.05, 4.69) is 10.00 Å². The molecule has 0 saturated carbocycles. The van der Waals surface area contributed by atoms with Crippen molar-refractivity contribution in [2.24, 2.45) is 13.0 Å². The molecule has 2 heterocycles. The van der Waals surface area contributed by atoms with Crippen LogP contribution in [0.5, 0.6) is 11.6 Å². The Morgan fingerprint density at radius 3 is 2.68 bits per heavy atom. The lowest BCUT2D eigenvalue weighted by atomic mass is 9.94. The van der Waals surface area contributed by atoms with Crippen LogP contribution in [-0.2, 0) is 13.6 Å². The molecular weight excluding hydrogens is 342 g/mol. The van der Waals surface area contributed by atoms with E-state index in [0.717, 1.165) is 24.2 Å². The van der Waals surface area contributed by atoms with E-state index < -0.39 is 6.10 Å². The summed E-state index contributed by atoms with van der Waals surface area (Å²) < 4.78 is 7.77. The van der Waals surface area contributed by atoms with Gasteiger partial charge in [-0.25, -0.2) is 4.68 Å². The number of aliphatic hydroxyl groups excluding tert-OH is 2. The molecule has 0 bridgehead atoms. The number of nitrogens with zero attached hydrogens (tertiary/aromatic N) is 3. The molecular formula is C18H24ClN3O3. The standard InChI is InChI=1S/C18H24ClN3O3/c1-12-16(9-22-8-7-13(11-23)17(24)10-22)18(21(2)20-12)25-15-5-3-14(19)4-6-15/h3-6,13,17,23-24H,7-11H2,1-2H3/t13-,17+/m1/s1. The van der Waals surface area contributed by atoms with Crippen LogP contribution in [0.1, 0.15) is 17.7 Å². The van der Waals surface area contributed by atoms with E-state index >= 15 is 0 Å². The number of likely N-dealkylation sites (tertiary alicyclic amines) is 1. The third-order valence-electron chi connectivity index (χ3n) is 4.74. The number of benzene rings is 1. The highest BCUT2D eigenvalue weighted by molar-refractivity contribution is 6.30. The van der Waals surface area contributed by atoms with Gasteiger partial charge >= 0.3 is 0 Å². The molecule has 0 radical (unpaired) electrons. The van der Waals surface area contributed by atoms with Crippen molar-refractivity contribution in [2.45, 2.75) is 26.0 Å². The van der Waals surface area contributed by atoms with E-state index in [-0.39, 0.29) is 12.5 Å². The van der Waals surface area contributed by atoms with Gasteiger partial charge in [0.2, 0.25) is 5.88 Å². The summed E-state index contributed by atoms with van der Waals surface area (Å²) in [5, 5.41) is 24.6. The van der Waals surface area contributed by atoms with Crippen molar-refractivity contribution in [1.82, 2.24) is 14.7 Å². The van der Waals surface area contributed by atoms with Gasteiger partial charge < -0.3 is 14.9 Å². The number of aromatic nitrogens is 2. The van der Waals surface area contributed by atoms with Gasteiger partial charge in [0.05, 0.1) is 17.4 Å². The maximum atomic E-state index is 10.2. The summed E-state index contributed by atoms with van der Waals surface area (Å²) in [6, 6.07) is 7.22. The van der Waals surface area contributed by atoms with Gasteiger partial charge in [-0.05, 0) is 44.2 Å². The van der Waals surface area contributed by atoms with Crippen LogP contribution in [0.15, 0.2) is 24.3 Å². The fraction of sp³-hybridized carbons (Fsp3) is 0.500. The van der Waals surface area contributed by atoms with Crippen LogP contribution >= 0.6 is 11.6 Å². The van der Waals surface area contributed by atoms with Gasteiger partial charge in [-0.3, -0.25) is 4.90 Å². The predicted molar refractivity (Wildman–Crippen MR) is 95.9 cm³/mol. The van der Waals surface area contributed by atoms with E-state index in [1.165, 1.54) is 0 Å². The minimum Gasteiger partial charge on any atom is -0.439 e. The molecule has 7 heteroatoms. The number of aliphatic hydroxyl groups is 2. The monoisotopic (exact) mass is 365 g/mol. The number of rotatable bonds is 5. The first kappa shape index (κ1) is 18.2. The van der Waals surface area contributed by atoms with Crippen molar-refractivity contribution in [3.8, 4) is 11.6 Å². The molecule has 1 aliphatic heterocycles. The molecule has 2 aromatic rings. The second kappa shape index (κ2) is 7.74. The second-order valence-corrected chi connectivity index (χ2v) is 7.02. The Labute approximate surface area is 152 Å². The summed E-state index contributed by atoms with van der Waals surface area (Å²) in [5.41, 5.74) is 1.91. The maximum Gasteiger partial charge on any atom is 0.222 e. The topological polar surface area (TPSA) is 70.8 Å². The zero-order chi connectivity index (χ0) is 18.0. The lowest BCUT2D eigenvalue weighted by Gasteiger charge is -2.35. The zero-order valence-corrected chi connectivity index (χ0v) is 15.3. The average molecular weight is 366 g/mol. The number of hydrogen-bond acceptors (Lipinski definition) is 5. The van der Waals surface area contributed by atoms with E-state index in [4.69, 9.17) is 16.3 Å². The molecule has 1 aromatic carbocycles. The quantitative estimate of drug-likeness (QED) is 0.851. The number of β-amino-alcohol motifs (C(OH)–C–C–N with tert-alkyl or cyclic N) is 1. The van der Waals surface area contributed by atoms with Crippen LogP contribution in [0.2, 0.25) is 5.02 Å². The van der Waals surface area contributed by atoms with Crippen LogP contribution in [0.25, 0.3) is 0 Å². The average Bonchev–Trinajstić information content (AvgIpc) is 2.84. The van der Waals surface area contributed by atoms with Crippen LogP contribution in [0, 0.1) is 12.8 Å². The molecule has 0 aliphatic carbocycles. The Morgan fingerprint density at radius 2 is 2.04 bits per heavy atom. The van der Waals surface area contributed by atoms with Crippen molar-refractivity contribution in [2.75, 3.05) is 19.7 Å². The Morgan fingerprint density at radius 1 is 1.32 bits per heavy atom. The van der Waals surface area contributed by atoms with Gasteiger partial charge in [-0.15, -0.1) is 0 Å². The lowest BCUT2D eigenvalue weighted by molar-refractivity contribution is -0.00466. The van der Waals surface area contributed by atoms with Gasteiger partial charge in [0.1, 0.15) is 5.75 Å². The zero-order valence-electron chi connectivity index (χ0n) is 14.5. The largest absolute Gasteiger partial charge is 0.439 e. The molecule has 1 fully saturated rings. The van der Waals surface area contributed by atoms with E-state index in [1.54, 1.807) is 16.8 Å². The van der Waals surface area contributed by atoms with Crippen LogP contribution < -0.4 is 4.74 Å². The molecule has 1 aromatic heterocycles. The van der Waals surface area contributed by atoms with Crippen LogP contribution in [0.4, 0.5) is 0 Å². The molecule has 3 rings (SSSR count). The normalized spacial score (nSPS) is 21.5. The molecule has 1 aliphatic rings. The first-order valence-electron chi connectivity index (χ1n) is 8.45. The summed E-state index contributed by atoms with van der Waals surface area (Å²) in [6.45, 7) is 4.02. The summed E-state index contributed by atoms with van der Waals surface area (Å²) in [5.74, 6) is 1.36. The highest BCUT2D eigenvalue weighted by Gasteiger charge is 2.28. The molecule has 2 atom stereocenters. The smallest absolute Gasteiger partial charge is 0.222 e. The number of aryl methyl sites for hydroxylation is 2. The van der Waals surface area contributed by atoms with Crippen LogP contribution in [-0.4, -0.2) is 50.7 Å². The third-order valence-corrected chi connectivity index (χ3v) is 4.99. The van der Waals surface area contributed by atoms with Crippen molar-refractivity contribution in [3.63, 3.8) is 0 Å².